The normalized spacial score (nSPS) is 10.2. The van der Waals surface area contributed by atoms with Crippen LogP contribution in [0.1, 0.15) is 18.1 Å². The smallest absolute Gasteiger partial charge is 0.123 e. The van der Waals surface area contributed by atoms with Crippen LogP contribution in [0, 0.1) is 0 Å². The Labute approximate surface area is 84.7 Å². The first kappa shape index (κ1) is 11.0. The van der Waals surface area contributed by atoms with E-state index in [9.17, 15) is 0 Å². The van der Waals surface area contributed by atoms with Crippen LogP contribution in [-0.4, -0.2) is 18.9 Å². The van der Waals surface area contributed by atoms with Crippen LogP contribution < -0.4 is 10.1 Å². The van der Waals surface area contributed by atoms with E-state index in [1.54, 1.807) is 7.11 Å². The van der Waals surface area contributed by atoms with Gasteiger partial charge in [0, 0.05) is 12.1 Å². The second kappa shape index (κ2) is 5.62. The lowest BCUT2D eigenvalue weighted by Gasteiger charge is -2.10. The highest BCUT2D eigenvalue weighted by atomic mass is 16.5. The molecule has 0 unspecified atom stereocenters. The van der Waals surface area contributed by atoms with Gasteiger partial charge in [0.1, 0.15) is 5.75 Å². The van der Waals surface area contributed by atoms with Crippen molar-refractivity contribution in [3.05, 3.63) is 29.3 Å². The molecular formula is C11H17NO2. The van der Waals surface area contributed by atoms with Crippen LogP contribution in [0.15, 0.2) is 18.2 Å². The fourth-order valence-electron chi connectivity index (χ4n) is 1.38. The first-order valence-electron chi connectivity index (χ1n) is 4.79. The molecule has 2 N–H and O–H groups in total. The van der Waals surface area contributed by atoms with E-state index in [-0.39, 0.29) is 6.73 Å². The molecule has 0 aromatic heterocycles. The average Bonchev–Trinajstić information content (AvgIpc) is 2.25. The van der Waals surface area contributed by atoms with E-state index in [0.717, 1.165) is 17.7 Å². The molecule has 0 amide bonds. The van der Waals surface area contributed by atoms with Crippen molar-refractivity contribution in [1.29, 1.82) is 0 Å². The molecule has 0 heterocycles. The first-order chi connectivity index (χ1) is 6.81. The molecule has 3 nitrogen and oxygen atoms in total. The third-order valence-electron chi connectivity index (χ3n) is 2.18. The lowest BCUT2D eigenvalue weighted by atomic mass is 10.1. The highest BCUT2D eigenvalue weighted by Gasteiger charge is 2.02. The summed E-state index contributed by atoms with van der Waals surface area (Å²) >= 11 is 0. The van der Waals surface area contributed by atoms with E-state index in [0.29, 0.717) is 6.54 Å². The third kappa shape index (κ3) is 2.72. The van der Waals surface area contributed by atoms with Gasteiger partial charge in [-0.2, -0.15) is 0 Å². The summed E-state index contributed by atoms with van der Waals surface area (Å²) in [5, 5.41) is 11.5. The van der Waals surface area contributed by atoms with Crippen molar-refractivity contribution >= 4 is 0 Å². The molecular weight excluding hydrogens is 178 g/mol. The number of aryl methyl sites for hydroxylation is 1. The zero-order valence-corrected chi connectivity index (χ0v) is 8.71. The monoisotopic (exact) mass is 195 g/mol. The first-order valence-corrected chi connectivity index (χ1v) is 4.79. The lowest BCUT2D eigenvalue weighted by molar-refractivity contribution is 0.258. The van der Waals surface area contributed by atoms with Crippen LogP contribution in [0.3, 0.4) is 0 Å². The number of nitrogens with one attached hydrogen (secondary N) is 1. The van der Waals surface area contributed by atoms with Crippen LogP contribution in [-0.2, 0) is 13.0 Å². The maximum atomic E-state index is 8.67. The SMILES string of the molecule is CCc1ccc(OC)c(CNCO)c1. The van der Waals surface area contributed by atoms with Gasteiger partial charge in [0.25, 0.3) is 0 Å². The number of benzene rings is 1. The molecule has 14 heavy (non-hydrogen) atoms. The van der Waals surface area contributed by atoms with Gasteiger partial charge in [-0.05, 0) is 18.1 Å². The zero-order chi connectivity index (χ0) is 10.4. The van der Waals surface area contributed by atoms with E-state index < -0.39 is 0 Å². The molecule has 0 aliphatic rings. The van der Waals surface area contributed by atoms with E-state index >= 15 is 0 Å². The highest BCUT2D eigenvalue weighted by Crippen LogP contribution is 2.19. The summed E-state index contributed by atoms with van der Waals surface area (Å²) < 4.78 is 5.22. The Hall–Kier alpha value is -1.06. The lowest BCUT2D eigenvalue weighted by Crippen LogP contribution is -2.14. The molecule has 0 saturated carbocycles. The number of aliphatic hydroxyl groups excluding tert-OH is 1. The third-order valence-corrected chi connectivity index (χ3v) is 2.18. The predicted octanol–water partition coefficient (Wildman–Crippen LogP) is 1.30. The average molecular weight is 195 g/mol. The van der Waals surface area contributed by atoms with Gasteiger partial charge in [0.15, 0.2) is 0 Å². The Morgan fingerprint density at radius 2 is 2.21 bits per heavy atom. The van der Waals surface area contributed by atoms with Crippen molar-refractivity contribution in [3.8, 4) is 5.75 Å². The van der Waals surface area contributed by atoms with Crippen LogP contribution >= 0.6 is 0 Å². The Morgan fingerprint density at radius 1 is 1.43 bits per heavy atom. The minimum atomic E-state index is -0.0144. The molecule has 0 bridgehead atoms. The Morgan fingerprint density at radius 3 is 2.79 bits per heavy atom. The van der Waals surface area contributed by atoms with Crippen LogP contribution in [0.25, 0.3) is 0 Å². The zero-order valence-electron chi connectivity index (χ0n) is 8.71. The number of hydrogen-bond donors (Lipinski definition) is 2. The van der Waals surface area contributed by atoms with Gasteiger partial charge >= 0.3 is 0 Å². The molecule has 3 heteroatoms. The van der Waals surface area contributed by atoms with Crippen molar-refractivity contribution < 1.29 is 9.84 Å². The van der Waals surface area contributed by atoms with Crippen LogP contribution in [0.4, 0.5) is 0 Å². The van der Waals surface area contributed by atoms with E-state index in [1.165, 1.54) is 5.56 Å². The molecule has 0 radical (unpaired) electrons. The Kier molecular flexibility index (Phi) is 4.43. The van der Waals surface area contributed by atoms with E-state index in [2.05, 4.69) is 24.4 Å². The van der Waals surface area contributed by atoms with Gasteiger partial charge in [-0.3, -0.25) is 5.32 Å². The van der Waals surface area contributed by atoms with E-state index in [4.69, 9.17) is 9.84 Å². The minimum absolute atomic E-state index is 0.0144. The molecule has 1 aromatic carbocycles. The van der Waals surface area contributed by atoms with Crippen molar-refractivity contribution in [2.24, 2.45) is 0 Å². The van der Waals surface area contributed by atoms with Crippen LogP contribution in [0.2, 0.25) is 0 Å². The molecule has 1 rings (SSSR count). The second-order valence-corrected chi connectivity index (χ2v) is 3.08. The van der Waals surface area contributed by atoms with Gasteiger partial charge in [0.05, 0.1) is 13.8 Å². The summed E-state index contributed by atoms with van der Waals surface area (Å²) in [6.07, 6.45) is 1.01. The van der Waals surface area contributed by atoms with Gasteiger partial charge in [-0.1, -0.05) is 19.1 Å². The van der Waals surface area contributed by atoms with Gasteiger partial charge in [-0.25, -0.2) is 0 Å². The maximum Gasteiger partial charge on any atom is 0.123 e. The summed E-state index contributed by atoms with van der Waals surface area (Å²) in [5.74, 6) is 0.864. The summed E-state index contributed by atoms with van der Waals surface area (Å²) in [7, 11) is 1.66. The molecule has 78 valence electrons. The molecule has 0 aliphatic carbocycles. The van der Waals surface area contributed by atoms with Gasteiger partial charge in [0.2, 0.25) is 0 Å². The van der Waals surface area contributed by atoms with Gasteiger partial charge in [-0.15, -0.1) is 0 Å². The summed E-state index contributed by atoms with van der Waals surface area (Å²) in [6, 6.07) is 6.12. The summed E-state index contributed by atoms with van der Waals surface area (Å²) in [6.45, 7) is 2.73. The minimum Gasteiger partial charge on any atom is -0.496 e. The highest BCUT2D eigenvalue weighted by molar-refractivity contribution is 5.37. The molecule has 0 spiro atoms. The fourth-order valence-corrected chi connectivity index (χ4v) is 1.38. The summed E-state index contributed by atoms with van der Waals surface area (Å²) in [5.41, 5.74) is 2.36. The standard InChI is InChI=1S/C11H17NO2/c1-3-9-4-5-11(14-2)10(6-9)7-12-8-13/h4-6,12-13H,3,7-8H2,1-2H3. The van der Waals surface area contributed by atoms with Crippen molar-refractivity contribution in [3.63, 3.8) is 0 Å². The van der Waals surface area contributed by atoms with E-state index in [1.807, 2.05) is 6.07 Å². The quantitative estimate of drug-likeness (QED) is 0.696. The molecule has 1 aromatic rings. The molecule has 0 atom stereocenters. The molecule has 0 fully saturated rings. The summed E-state index contributed by atoms with van der Waals surface area (Å²) in [4.78, 5) is 0. The number of methoxy groups -OCH3 is 1. The van der Waals surface area contributed by atoms with Crippen LogP contribution in [0.5, 0.6) is 5.75 Å². The number of rotatable bonds is 5. The predicted molar refractivity (Wildman–Crippen MR) is 56.3 cm³/mol. The Balaban J connectivity index is 2.84. The number of ether oxygens (including phenoxy) is 1. The fraction of sp³-hybridized carbons (Fsp3) is 0.455. The van der Waals surface area contributed by atoms with Gasteiger partial charge < -0.3 is 9.84 Å². The number of hydrogen-bond acceptors (Lipinski definition) is 3. The second-order valence-electron chi connectivity index (χ2n) is 3.08. The molecule has 0 aliphatic heterocycles. The van der Waals surface area contributed by atoms with Crippen molar-refractivity contribution in [1.82, 2.24) is 5.32 Å². The number of aliphatic hydroxyl groups is 1. The maximum absolute atomic E-state index is 8.67. The largest absolute Gasteiger partial charge is 0.496 e. The topological polar surface area (TPSA) is 41.5 Å². The van der Waals surface area contributed by atoms with Crippen molar-refractivity contribution in [2.45, 2.75) is 19.9 Å². The molecule has 0 saturated heterocycles. The Bertz CT molecular complexity index is 287. The van der Waals surface area contributed by atoms with Crippen molar-refractivity contribution in [2.75, 3.05) is 13.8 Å².